The van der Waals surface area contributed by atoms with Gasteiger partial charge in [-0.15, -0.1) is 24.0 Å². The van der Waals surface area contributed by atoms with Gasteiger partial charge in [-0.1, -0.05) is 23.7 Å². The summed E-state index contributed by atoms with van der Waals surface area (Å²) in [6, 6.07) is 10.6. The molecule has 2 aromatic rings. The van der Waals surface area contributed by atoms with E-state index in [1.807, 2.05) is 11.8 Å². The molecular weight excluding hydrogens is 551 g/mol. The highest BCUT2D eigenvalue weighted by atomic mass is 127. The van der Waals surface area contributed by atoms with Crippen LogP contribution >= 0.6 is 35.6 Å². The summed E-state index contributed by atoms with van der Waals surface area (Å²) >= 11 is 6.04. The Labute approximate surface area is 208 Å². The van der Waals surface area contributed by atoms with Crippen molar-refractivity contribution in [2.24, 2.45) is 4.99 Å². The van der Waals surface area contributed by atoms with Crippen LogP contribution in [0.15, 0.2) is 47.5 Å². The number of guanidine groups is 1. The van der Waals surface area contributed by atoms with Crippen LogP contribution in [0.4, 0.5) is 14.5 Å². The Morgan fingerprint density at radius 3 is 2.72 bits per heavy atom. The average Bonchev–Trinajstić information content (AvgIpc) is 3.19. The summed E-state index contributed by atoms with van der Waals surface area (Å²) < 4.78 is 27.2. The summed E-state index contributed by atoms with van der Waals surface area (Å²) in [6.45, 7) is 4.63. The van der Waals surface area contributed by atoms with Gasteiger partial charge < -0.3 is 20.9 Å². The van der Waals surface area contributed by atoms with Crippen LogP contribution in [0.25, 0.3) is 0 Å². The predicted octanol–water partition coefficient (Wildman–Crippen LogP) is 3.80. The van der Waals surface area contributed by atoms with Crippen LogP contribution in [-0.4, -0.2) is 50.6 Å². The number of hydrogen-bond donors (Lipinski definition) is 3. The molecule has 0 spiro atoms. The van der Waals surface area contributed by atoms with Crippen LogP contribution in [0.5, 0.6) is 0 Å². The topological polar surface area (TPSA) is 68.8 Å². The van der Waals surface area contributed by atoms with Crippen molar-refractivity contribution in [1.29, 1.82) is 0 Å². The second kappa shape index (κ2) is 12.8. The highest BCUT2D eigenvalue weighted by molar-refractivity contribution is 14.0. The third kappa shape index (κ3) is 7.19. The maximum Gasteiger partial charge on any atom is 0.252 e. The molecule has 1 aliphatic rings. The molecule has 32 heavy (non-hydrogen) atoms. The summed E-state index contributed by atoms with van der Waals surface area (Å²) in [5.41, 5.74) is 0.826. The van der Waals surface area contributed by atoms with E-state index in [2.05, 4.69) is 20.9 Å². The van der Waals surface area contributed by atoms with E-state index in [0.29, 0.717) is 55.0 Å². The molecule has 0 bridgehead atoms. The van der Waals surface area contributed by atoms with E-state index in [4.69, 9.17) is 11.6 Å². The van der Waals surface area contributed by atoms with Gasteiger partial charge in [0.05, 0.1) is 22.8 Å². The molecule has 0 aliphatic carbocycles. The van der Waals surface area contributed by atoms with E-state index in [-0.39, 0.29) is 35.9 Å². The van der Waals surface area contributed by atoms with E-state index in [1.54, 1.807) is 24.3 Å². The molecule has 0 saturated carbocycles. The number of benzene rings is 2. The van der Waals surface area contributed by atoms with E-state index in [9.17, 15) is 13.6 Å². The number of rotatable bonds is 7. The normalized spacial score (nSPS) is 15.8. The smallest absolute Gasteiger partial charge is 0.252 e. The Morgan fingerprint density at radius 1 is 1.22 bits per heavy atom. The molecule has 1 heterocycles. The molecule has 1 atom stereocenters. The predicted molar refractivity (Wildman–Crippen MR) is 135 cm³/mol. The van der Waals surface area contributed by atoms with Crippen molar-refractivity contribution in [3.05, 3.63) is 64.7 Å². The quantitative estimate of drug-likeness (QED) is 0.203. The number of amides is 1. The SMILES string of the molecule is CCNC(=NCCNC(=O)c1ccccc1Cl)NC1CCN(c2ccc(F)cc2F)C1.I. The summed E-state index contributed by atoms with van der Waals surface area (Å²) in [5, 5.41) is 9.73. The van der Waals surface area contributed by atoms with Crippen LogP contribution in [-0.2, 0) is 0 Å². The molecule has 3 N–H and O–H groups in total. The van der Waals surface area contributed by atoms with Gasteiger partial charge in [-0.05, 0) is 37.6 Å². The molecule has 1 unspecified atom stereocenters. The van der Waals surface area contributed by atoms with Crippen molar-refractivity contribution in [1.82, 2.24) is 16.0 Å². The van der Waals surface area contributed by atoms with Crippen LogP contribution in [0, 0.1) is 11.6 Å². The zero-order chi connectivity index (χ0) is 22.2. The Balaban J connectivity index is 0.00000363. The molecule has 6 nitrogen and oxygen atoms in total. The van der Waals surface area contributed by atoms with Gasteiger partial charge >= 0.3 is 0 Å². The van der Waals surface area contributed by atoms with Gasteiger partial charge in [-0.3, -0.25) is 9.79 Å². The van der Waals surface area contributed by atoms with Crippen LogP contribution in [0.1, 0.15) is 23.7 Å². The van der Waals surface area contributed by atoms with Gasteiger partial charge in [0.15, 0.2) is 5.96 Å². The summed E-state index contributed by atoms with van der Waals surface area (Å²) in [5.74, 6) is -0.763. The fourth-order valence-corrected chi connectivity index (χ4v) is 3.65. The molecule has 1 aliphatic heterocycles. The lowest BCUT2D eigenvalue weighted by atomic mass is 10.2. The first-order chi connectivity index (χ1) is 15.0. The maximum absolute atomic E-state index is 14.1. The molecule has 1 saturated heterocycles. The van der Waals surface area contributed by atoms with E-state index in [0.717, 1.165) is 12.5 Å². The molecule has 0 radical (unpaired) electrons. The first-order valence-electron chi connectivity index (χ1n) is 10.3. The standard InChI is InChI=1S/C22H26ClF2N5O.HI/c1-2-26-22(28-11-10-27-21(31)17-5-3-4-6-18(17)23)29-16-9-12-30(14-16)20-8-7-15(24)13-19(20)25;/h3-8,13,16H,2,9-12,14H2,1H3,(H,27,31)(H2,26,28,29);1H. The molecule has 1 fully saturated rings. The van der Waals surface area contributed by atoms with Crippen LogP contribution < -0.4 is 20.9 Å². The number of anilines is 1. The summed E-state index contributed by atoms with van der Waals surface area (Å²) in [7, 11) is 0. The van der Waals surface area contributed by atoms with Crippen LogP contribution in [0.2, 0.25) is 5.02 Å². The highest BCUT2D eigenvalue weighted by Crippen LogP contribution is 2.24. The molecule has 10 heteroatoms. The first kappa shape index (κ1) is 26.1. The Kier molecular flexibility index (Phi) is 10.4. The maximum atomic E-state index is 14.1. The number of aliphatic imine (C=N–C) groups is 1. The molecule has 1 amide bonds. The van der Waals surface area contributed by atoms with Crippen molar-refractivity contribution in [3.8, 4) is 0 Å². The summed E-state index contributed by atoms with van der Waals surface area (Å²) in [4.78, 5) is 18.6. The highest BCUT2D eigenvalue weighted by Gasteiger charge is 2.25. The number of carbonyl (C=O) groups is 1. The molecular formula is C22H27ClF2IN5O. The van der Waals surface area contributed by atoms with Gasteiger partial charge in [0.25, 0.3) is 5.91 Å². The minimum Gasteiger partial charge on any atom is -0.367 e. The second-order valence-electron chi connectivity index (χ2n) is 7.17. The van der Waals surface area contributed by atoms with Gasteiger partial charge in [-0.2, -0.15) is 0 Å². The van der Waals surface area contributed by atoms with E-state index >= 15 is 0 Å². The van der Waals surface area contributed by atoms with E-state index in [1.165, 1.54) is 12.1 Å². The first-order valence-corrected chi connectivity index (χ1v) is 10.6. The Hall–Kier alpha value is -2.14. The lowest BCUT2D eigenvalue weighted by molar-refractivity contribution is 0.0955. The number of nitrogens with one attached hydrogen (secondary N) is 3. The van der Waals surface area contributed by atoms with Crippen LogP contribution in [0.3, 0.4) is 0 Å². The lowest BCUT2D eigenvalue weighted by Crippen LogP contribution is -2.45. The fourth-order valence-electron chi connectivity index (χ4n) is 3.43. The minimum absolute atomic E-state index is 0. The fraction of sp³-hybridized carbons (Fsp3) is 0.364. The van der Waals surface area contributed by atoms with Crippen molar-refractivity contribution >= 4 is 53.1 Å². The van der Waals surface area contributed by atoms with Crippen molar-refractivity contribution in [2.75, 3.05) is 37.6 Å². The number of hydrogen-bond acceptors (Lipinski definition) is 3. The zero-order valence-electron chi connectivity index (χ0n) is 17.7. The largest absolute Gasteiger partial charge is 0.367 e. The monoisotopic (exact) mass is 577 g/mol. The van der Waals surface area contributed by atoms with Crippen molar-refractivity contribution < 1.29 is 13.6 Å². The second-order valence-corrected chi connectivity index (χ2v) is 7.58. The Morgan fingerprint density at radius 2 is 2.00 bits per heavy atom. The minimum atomic E-state index is -0.585. The molecule has 2 aromatic carbocycles. The zero-order valence-corrected chi connectivity index (χ0v) is 20.8. The summed E-state index contributed by atoms with van der Waals surface area (Å²) in [6.07, 6.45) is 0.796. The molecule has 0 aromatic heterocycles. The van der Waals surface area contributed by atoms with Crippen molar-refractivity contribution in [3.63, 3.8) is 0 Å². The molecule has 3 rings (SSSR count). The lowest BCUT2D eigenvalue weighted by Gasteiger charge is -2.21. The Bertz CT molecular complexity index is 946. The van der Waals surface area contributed by atoms with Crippen molar-refractivity contribution in [2.45, 2.75) is 19.4 Å². The van der Waals surface area contributed by atoms with E-state index < -0.39 is 11.6 Å². The number of halogens is 4. The number of carbonyl (C=O) groups excluding carboxylic acids is 1. The van der Waals surface area contributed by atoms with Gasteiger partial charge in [0, 0.05) is 38.3 Å². The average molecular weight is 578 g/mol. The van der Waals surface area contributed by atoms with Gasteiger partial charge in [-0.25, -0.2) is 8.78 Å². The third-order valence-electron chi connectivity index (χ3n) is 4.91. The number of nitrogens with zero attached hydrogens (tertiary/aromatic N) is 2. The third-order valence-corrected chi connectivity index (χ3v) is 5.24. The van der Waals surface area contributed by atoms with Gasteiger partial charge in [0.2, 0.25) is 0 Å². The van der Waals surface area contributed by atoms with Gasteiger partial charge in [0.1, 0.15) is 11.6 Å². The molecule has 174 valence electrons.